The van der Waals surface area contributed by atoms with Crippen LogP contribution < -0.4 is 0 Å². The van der Waals surface area contributed by atoms with Crippen molar-refractivity contribution in [2.75, 3.05) is 0 Å². The lowest BCUT2D eigenvalue weighted by Crippen LogP contribution is -1.92. The van der Waals surface area contributed by atoms with E-state index in [2.05, 4.69) is 20.3 Å². The molecule has 0 amide bonds. The fraction of sp³-hybridized carbons (Fsp3) is 0.375. The Hall–Kier alpha value is -2.15. The lowest BCUT2D eigenvalue weighted by atomic mass is 10.1. The maximum Gasteiger partial charge on any atom is 0.277 e. The molecule has 0 radical (unpaired) electrons. The molecule has 0 aliphatic rings. The first-order chi connectivity index (χ1) is 11.0. The van der Waals surface area contributed by atoms with Crippen molar-refractivity contribution >= 4 is 11.8 Å². The van der Waals surface area contributed by atoms with Crippen molar-refractivity contribution in [1.29, 1.82) is 0 Å². The average molecular weight is 330 g/mol. The Morgan fingerprint density at radius 2 is 1.87 bits per heavy atom. The molecule has 0 saturated carbocycles. The lowest BCUT2D eigenvalue weighted by Gasteiger charge is -2.01. The smallest absolute Gasteiger partial charge is 0.277 e. The molecule has 3 rings (SSSR count). The van der Waals surface area contributed by atoms with Gasteiger partial charge in [0.25, 0.3) is 5.22 Å². The van der Waals surface area contributed by atoms with Gasteiger partial charge in [-0.3, -0.25) is 0 Å². The van der Waals surface area contributed by atoms with Gasteiger partial charge in [-0.15, -0.1) is 10.2 Å². The molecular weight excluding hydrogens is 312 g/mol. The molecule has 0 fully saturated rings. The minimum atomic E-state index is -0.0554. The minimum absolute atomic E-state index is 0.0554. The van der Waals surface area contributed by atoms with Crippen LogP contribution in [0, 0.1) is 6.92 Å². The Kier molecular flexibility index (Phi) is 4.47. The lowest BCUT2D eigenvalue weighted by molar-refractivity contribution is 0.372. The molecule has 1 atom stereocenters. The summed E-state index contributed by atoms with van der Waals surface area (Å²) in [6.45, 7) is 8.04. The van der Waals surface area contributed by atoms with Gasteiger partial charge in [0.15, 0.2) is 5.82 Å². The zero-order valence-electron chi connectivity index (χ0n) is 13.5. The van der Waals surface area contributed by atoms with Gasteiger partial charge in [-0.05, 0) is 25.5 Å². The second-order valence-corrected chi connectivity index (χ2v) is 6.89. The third kappa shape index (κ3) is 3.44. The van der Waals surface area contributed by atoms with Crippen LogP contribution in [0.2, 0.25) is 0 Å². The van der Waals surface area contributed by atoms with Gasteiger partial charge in [-0.25, -0.2) is 0 Å². The fourth-order valence-corrected chi connectivity index (χ4v) is 2.74. The van der Waals surface area contributed by atoms with E-state index in [0.717, 1.165) is 11.1 Å². The third-order valence-corrected chi connectivity index (χ3v) is 4.30. The molecule has 0 spiro atoms. The Labute approximate surface area is 138 Å². The quantitative estimate of drug-likeness (QED) is 0.641. The maximum absolute atomic E-state index is 5.75. The zero-order valence-corrected chi connectivity index (χ0v) is 14.3. The van der Waals surface area contributed by atoms with Crippen LogP contribution in [-0.2, 0) is 0 Å². The molecule has 1 unspecified atom stereocenters. The summed E-state index contributed by atoms with van der Waals surface area (Å²) in [4.78, 5) is 4.40. The maximum atomic E-state index is 5.75. The van der Waals surface area contributed by atoms with Gasteiger partial charge in [0.1, 0.15) is 0 Å². The molecule has 2 aromatic heterocycles. The van der Waals surface area contributed by atoms with Crippen LogP contribution in [0.5, 0.6) is 0 Å². The van der Waals surface area contributed by atoms with Crippen molar-refractivity contribution in [2.45, 2.75) is 44.1 Å². The van der Waals surface area contributed by atoms with Crippen molar-refractivity contribution in [3.63, 3.8) is 0 Å². The largest absolute Gasteiger partial charge is 0.411 e. The van der Waals surface area contributed by atoms with Crippen molar-refractivity contribution in [1.82, 2.24) is 20.3 Å². The second-order valence-electron chi connectivity index (χ2n) is 5.59. The highest BCUT2D eigenvalue weighted by molar-refractivity contribution is 7.99. The molecular formula is C16H18N4O2S. The molecule has 1 aromatic carbocycles. The van der Waals surface area contributed by atoms with Crippen LogP contribution in [0.1, 0.15) is 49.2 Å². The predicted octanol–water partition coefficient (Wildman–Crippen LogP) is 4.40. The standard InChI is InChI=1S/C16H18N4O2S/c1-9(2)13-17-14(22-20-13)11(4)23-16-19-18-15(21-16)12-8-6-5-7-10(12)3/h5-9,11H,1-4H3. The van der Waals surface area contributed by atoms with Crippen LogP contribution in [0.15, 0.2) is 38.4 Å². The summed E-state index contributed by atoms with van der Waals surface area (Å²) >= 11 is 1.41. The summed E-state index contributed by atoms with van der Waals surface area (Å²) in [5, 5.41) is 12.6. The van der Waals surface area contributed by atoms with Gasteiger partial charge < -0.3 is 8.94 Å². The van der Waals surface area contributed by atoms with Crippen molar-refractivity contribution in [3.05, 3.63) is 41.5 Å². The molecule has 0 aliphatic heterocycles. The third-order valence-electron chi connectivity index (χ3n) is 3.38. The number of nitrogens with zero attached hydrogens (tertiary/aromatic N) is 4. The average Bonchev–Trinajstić information content (AvgIpc) is 3.16. The van der Waals surface area contributed by atoms with Gasteiger partial charge in [0.2, 0.25) is 11.8 Å². The first-order valence-electron chi connectivity index (χ1n) is 7.44. The number of hydrogen-bond donors (Lipinski definition) is 0. The molecule has 0 aliphatic carbocycles. The van der Waals surface area contributed by atoms with Crippen molar-refractivity contribution in [3.8, 4) is 11.5 Å². The summed E-state index contributed by atoms with van der Waals surface area (Å²) in [5.74, 6) is 2.03. The molecule has 0 N–H and O–H groups in total. The first-order valence-corrected chi connectivity index (χ1v) is 8.32. The molecule has 2 heterocycles. The van der Waals surface area contributed by atoms with Crippen molar-refractivity contribution in [2.24, 2.45) is 0 Å². The Bertz CT molecular complexity index is 797. The van der Waals surface area contributed by atoms with E-state index in [4.69, 9.17) is 8.94 Å². The number of benzene rings is 1. The number of aryl methyl sites for hydroxylation is 1. The van der Waals surface area contributed by atoms with Crippen LogP contribution in [0.25, 0.3) is 11.5 Å². The molecule has 0 saturated heterocycles. The SMILES string of the molecule is Cc1ccccc1-c1nnc(SC(C)c2nc(C(C)C)no2)o1. The van der Waals surface area contributed by atoms with E-state index < -0.39 is 0 Å². The van der Waals surface area contributed by atoms with E-state index in [1.54, 1.807) is 0 Å². The zero-order chi connectivity index (χ0) is 16.4. The molecule has 0 bridgehead atoms. The van der Waals surface area contributed by atoms with Gasteiger partial charge >= 0.3 is 0 Å². The van der Waals surface area contributed by atoms with Crippen LogP contribution >= 0.6 is 11.8 Å². The fourth-order valence-electron chi connectivity index (χ4n) is 2.03. The molecule has 3 aromatic rings. The number of hydrogen-bond acceptors (Lipinski definition) is 7. The van der Waals surface area contributed by atoms with E-state index in [1.807, 2.05) is 52.0 Å². The monoisotopic (exact) mass is 330 g/mol. The predicted molar refractivity (Wildman–Crippen MR) is 87.1 cm³/mol. The molecule has 7 heteroatoms. The van der Waals surface area contributed by atoms with Crippen molar-refractivity contribution < 1.29 is 8.94 Å². The first kappa shape index (κ1) is 15.7. The van der Waals surface area contributed by atoms with Crippen LogP contribution in [-0.4, -0.2) is 20.3 Å². The molecule has 23 heavy (non-hydrogen) atoms. The van der Waals surface area contributed by atoms with Gasteiger partial charge in [0, 0.05) is 11.5 Å². The summed E-state index contributed by atoms with van der Waals surface area (Å²) in [6, 6.07) is 7.91. The van der Waals surface area contributed by atoms with Crippen LogP contribution in [0.4, 0.5) is 0 Å². The number of thioether (sulfide) groups is 1. The molecule has 6 nitrogen and oxygen atoms in total. The van der Waals surface area contributed by atoms with E-state index in [0.29, 0.717) is 22.8 Å². The summed E-state index contributed by atoms with van der Waals surface area (Å²) in [6.07, 6.45) is 0. The van der Waals surface area contributed by atoms with Gasteiger partial charge in [-0.1, -0.05) is 49.0 Å². The Balaban J connectivity index is 1.74. The second kappa shape index (κ2) is 6.54. The highest BCUT2D eigenvalue weighted by atomic mass is 32.2. The number of rotatable bonds is 5. The summed E-state index contributed by atoms with van der Waals surface area (Å²) in [5.41, 5.74) is 2.04. The number of aromatic nitrogens is 4. The molecule has 120 valence electrons. The summed E-state index contributed by atoms with van der Waals surface area (Å²) < 4.78 is 11.0. The normalized spacial score (nSPS) is 12.7. The summed E-state index contributed by atoms with van der Waals surface area (Å²) in [7, 11) is 0. The Morgan fingerprint density at radius 3 is 2.57 bits per heavy atom. The van der Waals surface area contributed by atoms with E-state index in [1.165, 1.54) is 11.8 Å². The van der Waals surface area contributed by atoms with Gasteiger partial charge in [-0.2, -0.15) is 4.98 Å². The minimum Gasteiger partial charge on any atom is -0.411 e. The van der Waals surface area contributed by atoms with E-state index in [9.17, 15) is 0 Å². The van der Waals surface area contributed by atoms with Crippen LogP contribution in [0.3, 0.4) is 0 Å². The highest BCUT2D eigenvalue weighted by Crippen LogP contribution is 2.35. The van der Waals surface area contributed by atoms with E-state index >= 15 is 0 Å². The topological polar surface area (TPSA) is 77.8 Å². The van der Waals surface area contributed by atoms with E-state index in [-0.39, 0.29) is 11.2 Å². The van der Waals surface area contributed by atoms with Gasteiger partial charge in [0.05, 0.1) is 5.25 Å². The highest BCUT2D eigenvalue weighted by Gasteiger charge is 2.20. The Morgan fingerprint density at radius 1 is 1.09 bits per heavy atom.